The average molecular weight is 620 g/mol. The maximum absolute atomic E-state index is 14.3. The SMILES string of the molecule is [2H]C([2H])([2H])c1ccc2c(c1)-c1nc(ccc1C(F)(F)F)NS(=O)(=O)c1cccc(n1)N(CCCC(C)=O)CCCCCCCCC2. The first kappa shape index (κ1) is 28.3. The number of hydrogen-bond donors (Lipinski definition) is 1. The molecule has 43 heavy (non-hydrogen) atoms. The Morgan fingerprint density at radius 1 is 1.00 bits per heavy atom. The third-order valence-electron chi connectivity index (χ3n) is 7.44. The van der Waals surface area contributed by atoms with Crippen LogP contribution in [0.5, 0.6) is 0 Å². The molecule has 11 heteroatoms. The van der Waals surface area contributed by atoms with Gasteiger partial charge in [-0.15, -0.1) is 0 Å². The number of carbonyl (C=O) groups excluding carboxylic acids is 1. The topological polar surface area (TPSA) is 92.3 Å². The number of Topliss-reactive ketones (excluding diaryl/α,β-unsaturated/α-hetero) is 1. The van der Waals surface area contributed by atoms with Crippen LogP contribution in [0.15, 0.2) is 53.6 Å². The van der Waals surface area contributed by atoms with E-state index in [0.29, 0.717) is 50.2 Å². The largest absolute Gasteiger partial charge is 0.418 e. The van der Waals surface area contributed by atoms with E-state index in [1.807, 2.05) is 4.90 Å². The lowest BCUT2D eigenvalue weighted by Crippen LogP contribution is -2.28. The maximum atomic E-state index is 14.3. The molecule has 232 valence electrons. The first-order chi connectivity index (χ1) is 21.6. The first-order valence-corrected chi connectivity index (χ1v) is 16.1. The number of aromatic nitrogens is 2. The fourth-order valence-electron chi connectivity index (χ4n) is 5.25. The van der Waals surface area contributed by atoms with Crippen molar-refractivity contribution in [3.63, 3.8) is 0 Å². The molecule has 0 unspecified atom stereocenters. The number of carbonyl (C=O) groups is 1. The van der Waals surface area contributed by atoms with Gasteiger partial charge >= 0.3 is 6.18 Å². The Hall–Kier alpha value is -3.47. The van der Waals surface area contributed by atoms with Gasteiger partial charge in [0.1, 0.15) is 17.4 Å². The number of benzene rings is 1. The van der Waals surface area contributed by atoms with Gasteiger partial charge < -0.3 is 9.69 Å². The molecule has 0 spiro atoms. The summed E-state index contributed by atoms with van der Waals surface area (Å²) < 4.78 is 95.7. The molecule has 1 aliphatic rings. The van der Waals surface area contributed by atoms with Crippen LogP contribution in [0.4, 0.5) is 24.8 Å². The molecular weight excluding hydrogens is 577 g/mol. The number of hydrogen-bond acceptors (Lipinski definition) is 6. The summed E-state index contributed by atoms with van der Waals surface area (Å²) in [7, 11) is -4.40. The van der Waals surface area contributed by atoms with Crippen molar-refractivity contribution < 1.29 is 30.5 Å². The Morgan fingerprint density at radius 3 is 2.47 bits per heavy atom. The highest BCUT2D eigenvalue weighted by Gasteiger charge is 2.35. The number of rotatable bonds is 4. The van der Waals surface area contributed by atoms with Gasteiger partial charge in [-0.3, -0.25) is 4.72 Å². The van der Waals surface area contributed by atoms with Crippen LogP contribution in [-0.2, 0) is 27.4 Å². The second-order valence-corrected chi connectivity index (χ2v) is 12.5. The Kier molecular flexibility index (Phi) is 9.44. The first-order valence-electron chi connectivity index (χ1n) is 16.1. The highest BCUT2D eigenvalue weighted by molar-refractivity contribution is 7.92. The number of halogens is 3. The molecule has 0 fully saturated rings. The molecule has 0 saturated heterocycles. The zero-order chi connectivity index (χ0) is 33.5. The molecule has 1 aromatic carbocycles. The second-order valence-electron chi connectivity index (χ2n) is 10.9. The predicted molar refractivity (Wildman–Crippen MR) is 163 cm³/mol. The van der Waals surface area contributed by atoms with Gasteiger partial charge in [0.25, 0.3) is 10.0 Å². The molecule has 1 N–H and O–H groups in total. The smallest absolute Gasteiger partial charge is 0.357 e. The molecule has 1 aliphatic heterocycles. The van der Waals surface area contributed by atoms with Crippen LogP contribution in [0.1, 0.15) is 85.5 Å². The standard InChI is InChI=1S/C32H39F3N4O3S/c1-23-16-17-25-13-8-6-4-3-5-7-9-20-39(21-11-12-24(2)40)29-14-10-15-30(37-29)43(41,42)38-28-19-18-27(32(33,34)35)31(36-28)26(25)22-23/h10,14-19,22H,3-9,11-13,20-21H2,1-2H3,(H,36,38)/i1D3. The average Bonchev–Trinajstić information content (AvgIpc) is 2.97. The van der Waals surface area contributed by atoms with Gasteiger partial charge in [0.05, 0.1) is 11.3 Å². The molecule has 0 aliphatic carbocycles. The van der Waals surface area contributed by atoms with Crippen LogP contribution >= 0.6 is 0 Å². The summed E-state index contributed by atoms with van der Waals surface area (Å²) in [5.41, 5.74) is -1.31. The number of fused-ring (bicyclic) bond motifs is 6. The van der Waals surface area contributed by atoms with Gasteiger partial charge in [0.15, 0.2) is 5.03 Å². The van der Waals surface area contributed by atoms with E-state index >= 15 is 0 Å². The highest BCUT2D eigenvalue weighted by atomic mass is 32.2. The fraction of sp³-hybridized carbons (Fsp3) is 0.469. The van der Waals surface area contributed by atoms with Crippen LogP contribution in [0, 0.1) is 6.85 Å². The minimum Gasteiger partial charge on any atom is -0.357 e. The maximum Gasteiger partial charge on any atom is 0.418 e. The molecule has 3 heterocycles. The Balaban J connectivity index is 1.81. The van der Waals surface area contributed by atoms with Gasteiger partial charge in [-0.05, 0) is 75.4 Å². The molecule has 4 bridgehead atoms. The highest BCUT2D eigenvalue weighted by Crippen LogP contribution is 2.39. The van der Waals surface area contributed by atoms with Gasteiger partial charge in [0, 0.05) is 29.2 Å². The van der Waals surface area contributed by atoms with Crippen molar-refractivity contribution in [2.75, 3.05) is 22.7 Å². The Morgan fingerprint density at radius 2 is 1.74 bits per heavy atom. The predicted octanol–water partition coefficient (Wildman–Crippen LogP) is 7.73. The van der Waals surface area contributed by atoms with Crippen LogP contribution in [0.25, 0.3) is 11.3 Å². The van der Waals surface area contributed by atoms with Crippen molar-refractivity contribution in [2.45, 2.75) is 89.2 Å². The number of anilines is 2. The van der Waals surface area contributed by atoms with Gasteiger partial charge in [-0.25, -0.2) is 9.97 Å². The third kappa shape index (κ3) is 9.01. The van der Waals surface area contributed by atoms with Crippen molar-refractivity contribution in [3.05, 3.63) is 65.2 Å². The normalized spacial score (nSPS) is 17.9. The van der Waals surface area contributed by atoms with Crippen molar-refractivity contribution in [2.24, 2.45) is 0 Å². The molecule has 4 rings (SSSR count). The molecular formula is C32H39F3N4O3S. The molecule has 0 amide bonds. The number of nitrogens with one attached hydrogen (secondary N) is 1. The molecule has 0 radical (unpaired) electrons. The van der Waals surface area contributed by atoms with Crippen LogP contribution in [0.3, 0.4) is 0 Å². The van der Waals surface area contributed by atoms with Gasteiger partial charge in [-0.1, -0.05) is 55.9 Å². The summed E-state index contributed by atoms with van der Waals surface area (Å²) in [5, 5.41) is -0.343. The van der Waals surface area contributed by atoms with E-state index < -0.39 is 34.3 Å². The summed E-state index contributed by atoms with van der Waals surface area (Å²) in [6.45, 7) is 0.0737. The van der Waals surface area contributed by atoms with Gasteiger partial charge in [0.2, 0.25) is 0 Å². The monoisotopic (exact) mass is 619 g/mol. The quantitative estimate of drug-likeness (QED) is 0.321. The van der Waals surface area contributed by atoms with E-state index in [0.717, 1.165) is 50.7 Å². The van der Waals surface area contributed by atoms with E-state index in [4.69, 9.17) is 4.11 Å². The summed E-state index contributed by atoms with van der Waals surface area (Å²) >= 11 is 0. The number of aryl methyl sites for hydroxylation is 2. The Bertz CT molecular complexity index is 1630. The molecule has 2 aromatic heterocycles. The van der Waals surface area contributed by atoms with Gasteiger partial charge in [-0.2, -0.15) is 21.6 Å². The minimum absolute atomic E-state index is 0.00210. The van der Waals surface area contributed by atoms with Crippen molar-refractivity contribution >= 4 is 27.4 Å². The minimum atomic E-state index is -4.84. The number of sulfonamides is 1. The van der Waals surface area contributed by atoms with Crippen LogP contribution in [0.2, 0.25) is 0 Å². The van der Waals surface area contributed by atoms with E-state index in [1.165, 1.54) is 31.2 Å². The summed E-state index contributed by atoms with van der Waals surface area (Å²) in [5.74, 6) is 0.100. The summed E-state index contributed by atoms with van der Waals surface area (Å²) in [4.78, 5) is 22.0. The number of nitrogens with zero attached hydrogens (tertiary/aromatic N) is 3. The van der Waals surface area contributed by atoms with Crippen molar-refractivity contribution in [3.8, 4) is 11.3 Å². The number of ketones is 1. The van der Waals surface area contributed by atoms with Crippen LogP contribution in [-0.4, -0.2) is 37.3 Å². The van der Waals surface area contributed by atoms with E-state index in [9.17, 15) is 26.4 Å². The molecule has 0 atom stereocenters. The fourth-order valence-corrected chi connectivity index (χ4v) is 6.21. The molecule has 0 saturated carbocycles. The summed E-state index contributed by atoms with van der Waals surface area (Å²) in [6.07, 6.45) is 2.75. The zero-order valence-corrected chi connectivity index (χ0v) is 25.0. The second kappa shape index (κ2) is 14.3. The number of pyridine rings is 2. The van der Waals surface area contributed by atoms with E-state index in [2.05, 4.69) is 14.7 Å². The van der Waals surface area contributed by atoms with Crippen molar-refractivity contribution in [1.29, 1.82) is 0 Å². The lowest BCUT2D eigenvalue weighted by Gasteiger charge is -2.24. The van der Waals surface area contributed by atoms with E-state index in [1.54, 1.807) is 12.1 Å². The Labute approximate surface area is 256 Å². The third-order valence-corrected chi connectivity index (χ3v) is 8.70. The molecule has 7 nitrogen and oxygen atoms in total. The lowest BCUT2D eigenvalue weighted by atomic mass is 9.94. The zero-order valence-electron chi connectivity index (χ0n) is 27.2. The van der Waals surface area contributed by atoms with Crippen molar-refractivity contribution in [1.82, 2.24) is 9.97 Å². The number of alkyl halides is 3. The van der Waals surface area contributed by atoms with E-state index in [-0.39, 0.29) is 27.8 Å². The van der Waals surface area contributed by atoms with Crippen LogP contribution < -0.4 is 9.62 Å². The molecule has 3 aromatic rings. The summed E-state index contributed by atoms with van der Waals surface area (Å²) in [6, 6.07) is 10.3. The lowest BCUT2D eigenvalue weighted by molar-refractivity contribution is -0.137.